The molecule has 2 aromatic carbocycles. The second kappa shape index (κ2) is 17.7. The summed E-state index contributed by atoms with van der Waals surface area (Å²) in [5.41, 5.74) is -4.24. The van der Waals surface area contributed by atoms with Crippen molar-refractivity contribution in [1.29, 1.82) is 0 Å². The third-order valence-electron chi connectivity index (χ3n) is 9.47. The van der Waals surface area contributed by atoms with Crippen LogP contribution in [0.2, 0.25) is 0 Å². The molecule has 0 saturated heterocycles. The Hall–Kier alpha value is -4.29. The first-order chi connectivity index (χ1) is 25.6. The molecule has 3 aromatic rings. The average molecular weight is 813 g/mol. The number of aromatic nitrogens is 2. The van der Waals surface area contributed by atoms with Crippen LogP contribution in [0.15, 0.2) is 48.8 Å². The maximum Gasteiger partial charge on any atom is 0.416 e. The molecule has 1 aliphatic carbocycles. The van der Waals surface area contributed by atoms with Crippen LogP contribution in [-0.2, 0) is 44.4 Å². The van der Waals surface area contributed by atoms with Gasteiger partial charge in [0.25, 0.3) is 6.47 Å². The summed E-state index contributed by atoms with van der Waals surface area (Å²) in [5.74, 6) is -0.323. The number of sulfone groups is 1. The van der Waals surface area contributed by atoms with E-state index in [2.05, 4.69) is 9.97 Å². The third-order valence-corrected chi connectivity index (χ3v) is 10.4. The van der Waals surface area contributed by atoms with E-state index in [1.165, 1.54) is 17.9 Å². The molecular weight excluding hydrogens is 771 g/mol. The Balaban J connectivity index is 1.79. The van der Waals surface area contributed by atoms with E-state index in [1.807, 2.05) is 4.90 Å². The topological polar surface area (TPSA) is 102 Å². The fourth-order valence-electron chi connectivity index (χ4n) is 6.47. The van der Waals surface area contributed by atoms with Gasteiger partial charge in [-0.25, -0.2) is 18.4 Å². The number of ether oxygens (including phenoxy) is 2. The smallest absolute Gasteiger partial charge is 0.416 e. The van der Waals surface area contributed by atoms with Gasteiger partial charge in [0.1, 0.15) is 6.61 Å². The summed E-state index contributed by atoms with van der Waals surface area (Å²) in [4.78, 5) is 22.1. The van der Waals surface area contributed by atoms with Crippen molar-refractivity contribution in [3.05, 3.63) is 76.6 Å². The Morgan fingerprint density at radius 1 is 0.855 bits per heavy atom. The lowest BCUT2D eigenvalue weighted by Gasteiger charge is -2.36. The SMILES string of the molecule is CCN(C[C@H]1CC[C@H](COC=O)CC1)c1ccc(C(F)(F)F)cc1CN(c1ncc(OCCS(C)(=O)=O)cn1)C(C)c1cc(C(F)(F)F)cc(C(F)(F)F)c1. The number of alkyl halides is 9. The molecule has 0 bridgehead atoms. The number of hydrogen-bond donors (Lipinski definition) is 0. The van der Waals surface area contributed by atoms with Gasteiger partial charge in [0.15, 0.2) is 15.6 Å². The van der Waals surface area contributed by atoms with Gasteiger partial charge in [-0.3, -0.25) is 4.79 Å². The average Bonchev–Trinajstić information content (AvgIpc) is 3.10. The summed E-state index contributed by atoms with van der Waals surface area (Å²) in [5, 5.41) is 0. The lowest BCUT2D eigenvalue weighted by Crippen LogP contribution is -2.34. The maximum atomic E-state index is 14.1. The zero-order valence-corrected chi connectivity index (χ0v) is 31.0. The van der Waals surface area contributed by atoms with E-state index in [-0.39, 0.29) is 54.1 Å². The van der Waals surface area contributed by atoms with Gasteiger partial charge in [0.05, 0.1) is 47.5 Å². The van der Waals surface area contributed by atoms with Crippen LogP contribution in [0, 0.1) is 11.8 Å². The molecule has 0 N–H and O–H groups in total. The number of nitrogens with zero attached hydrogens (tertiary/aromatic N) is 4. The summed E-state index contributed by atoms with van der Waals surface area (Å²) in [6, 6.07) is 2.77. The fourth-order valence-corrected chi connectivity index (χ4v) is 6.86. The Morgan fingerprint density at radius 3 is 1.93 bits per heavy atom. The Morgan fingerprint density at radius 2 is 1.42 bits per heavy atom. The van der Waals surface area contributed by atoms with Crippen molar-refractivity contribution in [3.63, 3.8) is 0 Å². The lowest BCUT2D eigenvalue weighted by molar-refractivity contribution is -0.143. The number of benzene rings is 2. The van der Waals surface area contributed by atoms with Gasteiger partial charge in [0.2, 0.25) is 5.95 Å². The van der Waals surface area contributed by atoms with Crippen LogP contribution in [0.3, 0.4) is 0 Å². The van der Waals surface area contributed by atoms with Crippen LogP contribution in [0.1, 0.15) is 73.4 Å². The molecule has 0 spiro atoms. The first kappa shape index (κ1) is 43.4. The van der Waals surface area contributed by atoms with E-state index < -0.39 is 63.2 Å². The van der Waals surface area contributed by atoms with E-state index in [4.69, 9.17) is 9.47 Å². The molecule has 1 saturated carbocycles. The monoisotopic (exact) mass is 812 g/mol. The van der Waals surface area contributed by atoms with Crippen LogP contribution >= 0.6 is 0 Å². The van der Waals surface area contributed by atoms with Crippen molar-refractivity contribution in [1.82, 2.24) is 9.97 Å². The van der Waals surface area contributed by atoms with Crippen LogP contribution < -0.4 is 14.5 Å². The number of carbonyl (C=O) groups is 1. The van der Waals surface area contributed by atoms with E-state index in [9.17, 15) is 52.7 Å². The molecule has 1 unspecified atom stereocenters. The summed E-state index contributed by atoms with van der Waals surface area (Å²) in [6.45, 7) is 3.78. The quantitative estimate of drug-likeness (QED) is 0.104. The molecule has 1 heterocycles. The molecule has 0 radical (unpaired) electrons. The number of carbonyl (C=O) groups excluding carboxylic acids is 1. The third kappa shape index (κ3) is 12.4. The highest BCUT2D eigenvalue weighted by Gasteiger charge is 2.38. The number of halogens is 9. The highest BCUT2D eigenvalue weighted by molar-refractivity contribution is 7.90. The fraction of sp³-hybridized carbons (Fsp3) is 0.528. The van der Waals surface area contributed by atoms with Crippen LogP contribution in [0.4, 0.5) is 51.1 Å². The normalized spacial score (nSPS) is 17.4. The zero-order valence-electron chi connectivity index (χ0n) is 30.1. The van der Waals surface area contributed by atoms with E-state index in [0.29, 0.717) is 37.4 Å². The Labute approximate surface area is 312 Å². The first-order valence-corrected chi connectivity index (χ1v) is 19.3. The van der Waals surface area contributed by atoms with Crippen molar-refractivity contribution in [2.45, 2.75) is 70.6 Å². The first-order valence-electron chi connectivity index (χ1n) is 17.3. The molecule has 1 atom stereocenters. The summed E-state index contributed by atoms with van der Waals surface area (Å²) < 4.78 is 159. The second-order valence-electron chi connectivity index (χ2n) is 13.5. The molecule has 1 aromatic heterocycles. The zero-order chi connectivity index (χ0) is 40.8. The predicted molar refractivity (Wildman–Crippen MR) is 185 cm³/mol. The second-order valence-corrected chi connectivity index (χ2v) is 15.8. The molecule has 4 rings (SSSR count). The number of hydrogen-bond acceptors (Lipinski definition) is 9. The van der Waals surface area contributed by atoms with Gasteiger partial charge in [-0.05, 0) is 98.9 Å². The molecule has 55 heavy (non-hydrogen) atoms. The lowest BCUT2D eigenvalue weighted by atomic mass is 9.82. The van der Waals surface area contributed by atoms with Crippen molar-refractivity contribution in [3.8, 4) is 5.75 Å². The van der Waals surface area contributed by atoms with Gasteiger partial charge in [0, 0.05) is 31.6 Å². The minimum Gasteiger partial charge on any atom is -0.489 e. The predicted octanol–water partition coefficient (Wildman–Crippen LogP) is 8.53. The molecule has 1 fully saturated rings. The van der Waals surface area contributed by atoms with Crippen LogP contribution in [0.25, 0.3) is 0 Å². The van der Waals surface area contributed by atoms with Crippen LogP contribution in [0.5, 0.6) is 5.75 Å². The van der Waals surface area contributed by atoms with E-state index in [1.54, 1.807) is 6.92 Å². The molecule has 1 aliphatic rings. The van der Waals surface area contributed by atoms with Gasteiger partial charge >= 0.3 is 18.5 Å². The summed E-state index contributed by atoms with van der Waals surface area (Å²) >= 11 is 0. The maximum absolute atomic E-state index is 14.1. The van der Waals surface area contributed by atoms with E-state index in [0.717, 1.165) is 56.5 Å². The highest BCUT2D eigenvalue weighted by Crippen LogP contribution is 2.41. The Bertz CT molecular complexity index is 1820. The van der Waals surface area contributed by atoms with Crippen molar-refractivity contribution in [2.24, 2.45) is 11.8 Å². The van der Waals surface area contributed by atoms with Gasteiger partial charge in [-0.15, -0.1) is 0 Å². The Kier molecular flexibility index (Phi) is 14.0. The molecular formula is C36H41F9N4O5S. The molecule has 9 nitrogen and oxygen atoms in total. The minimum absolute atomic E-state index is 0.0113. The standard InChI is InChI=1S/C36H41F9N4O5S/c1-4-48(19-24-5-7-25(8-6-24)21-53-22-50)32-10-9-28(34(37,38)39)15-27(32)20-49(33-46-17-31(18-47-33)54-11-12-55(3,51)52)23(2)26-13-29(35(40,41)42)16-30(14-26)36(43,44)45/h9-10,13-18,22-25H,4-8,11-12,19-21H2,1-3H3/t23?,24-,25-. The largest absolute Gasteiger partial charge is 0.489 e. The summed E-state index contributed by atoms with van der Waals surface area (Å²) in [6.07, 6.45) is -8.87. The molecule has 0 amide bonds. The highest BCUT2D eigenvalue weighted by atomic mass is 32.2. The van der Waals surface area contributed by atoms with Crippen molar-refractivity contribution < 1.29 is 62.2 Å². The van der Waals surface area contributed by atoms with Crippen LogP contribution in [-0.4, -0.2) is 63.2 Å². The van der Waals surface area contributed by atoms with Crippen molar-refractivity contribution in [2.75, 3.05) is 48.1 Å². The number of rotatable bonds is 16. The number of anilines is 2. The summed E-state index contributed by atoms with van der Waals surface area (Å²) in [7, 11) is -3.40. The molecule has 19 heteroatoms. The van der Waals surface area contributed by atoms with Gasteiger partial charge in [-0.2, -0.15) is 39.5 Å². The van der Waals surface area contributed by atoms with Gasteiger partial charge < -0.3 is 19.3 Å². The van der Waals surface area contributed by atoms with E-state index >= 15 is 0 Å². The minimum atomic E-state index is -5.17. The van der Waals surface area contributed by atoms with Crippen molar-refractivity contribution >= 4 is 27.9 Å². The molecule has 0 aliphatic heterocycles. The van der Waals surface area contributed by atoms with Gasteiger partial charge in [-0.1, -0.05) is 0 Å². The molecule has 304 valence electrons.